The molecule has 0 saturated carbocycles. The average Bonchev–Trinajstić information content (AvgIpc) is 3.17. The van der Waals surface area contributed by atoms with E-state index in [0.29, 0.717) is 18.5 Å². The Morgan fingerprint density at radius 1 is 1.15 bits per heavy atom. The quantitative estimate of drug-likeness (QED) is 0.362. The van der Waals surface area contributed by atoms with E-state index in [1.807, 2.05) is 19.0 Å². The van der Waals surface area contributed by atoms with Gasteiger partial charge in [-0.3, -0.25) is 0 Å². The molecule has 13 heteroatoms. The minimum atomic E-state index is -4.65. The number of anilines is 1. The molecule has 3 rings (SSSR count). The van der Waals surface area contributed by atoms with Gasteiger partial charge in [-0.1, -0.05) is 11.6 Å². The Bertz CT molecular complexity index is 1110. The van der Waals surface area contributed by atoms with Gasteiger partial charge in [-0.15, -0.1) is 0 Å². The topological polar surface area (TPSA) is 70.4 Å². The second-order valence-electron chi connectivity index (χ2n) is 7.80. The van der Waals surface area contributed by atoms with Crippen LogP contribution >= 0.6 is 11.6 Å². The predicted molar refractivity (Wildman–Crippen MR) is 115 cm³/mol. The molecule has 33 heavy (non-hydrogen) atoms. The summed E-state index contributed by atoms with van der Waals surface area (Å²) in [4.78, 5) is 9.67. The van der Waals surface area contributed by atoms with Gasteiger partial charge in [0.05, 0.1) is 11.1 Å². The van der Waals surface area contributed by atoms with E-state index in [2.05, 4.69) is 25.7 Å². The summed E-state index contributed by atoms with van der Waals surface area (Å²) in [7, 11) is 5.43. The van der Waals surface area contributed by atoms with Crippen LogP contribution in [-0.4, -0.2) is 64.4 Å². The fourth-order valence-corrected chi connectivity index (χ4v) is 3.62. The lowest BCUT2D eigenvalue weighted by atomic mass is 9.98. The normalized spacial score (nSPS) is 14.2. The number of benzene rings is 1. The number of nitrogens with one attached hydrogen (secondary N) is 2. The van der Waals surface area contributed by atoms with E-state index in [0.717, 1.165) is 29.9 Å². The minimum Gasteiger partial charge on any atom is -0.358 e. The van der Waals surface area contributed by atoms with Crippen LogP contribution in [-0.2, 0) is 0 Å². The molecule has 7 nitrogen and oxygen atoms in total. The Hall–Kier alpha value is -2.57. The van der Waals surface area contributed by atoms with Gasteiger partial charge in [0.25, 0.3) is 5.78 Å². The molecule has 2 aromatic heterocycles. The van der Waals surface area contributed by atoms with Crippen LogP contribution in [0.5, 0.6) is 0 Å². The van der Waals surface area contributed by atoms with Crippen molar-refractivity contribution in [3.63, 3.8) is 0 Å². The van der Waals surface area contributed by atoms with Crippen LogP contribution in [0.2, 0.25) is 5.15 Å². The van der Waals surface area contributed by atoms with Crippen LogP contribution in [0.15, 0.2) is 18.5 Å². The maximum atomic E-state index is 15.3. The van der Waals surface area contributed by atoms with Gasteiger partial charge in [0.1, 0.15) is 35.0 Å². The van der Waals surface area contributed by atoms with Gasteiger partial charge in [-0.2, -0.15) is 32.8 Å². The van der Waals surface area contributed by atoms with Crippen LogP contribution in [0.25, 0.3) is 16.9 Å². The molecule has 3 aromatic rings. The van der Waals surface area contributed by atoms with Crippen molar-refractivity contribution >= 4 is 23.2 Å². The Balaban J connectivity index is 2.16. The van der Waals surface area contributed by atoms with Crippen LogP contribution < -0.4 is 10.6 Å². The zero-order chi connectivity index (χ0) is 24.5. The summed E-state index contributed by atoms with van der Waals surface area (Å²) in [5.41, 5.74) is -0.656. The fraction of sp³-hybridized carbons (Fsp3) is 0.450. The van der Waals surface area contributed by atoms with Crippen molar-refractivity contribution in [3.8, 4) is 11.1 Å². The molecule has 180 valence electrons. The molecule has 0 saturated heterocycles. The molecular formula is C20H23ClF5N7. The Morgan fingerprint density at radius 2 is 1.79 bits per heavy atom. The minimum absolute atomic E-state index is 0.128. The van der Waals surface area contributed by atoms with Gasteiger partial charge in [0.2, 0.25) is 0 Å². The lowest BCUT2D eigenvalue weighted by Gasteiger charge is -2.23. The number of nitrogens with zero attached hydrogens (tertiary/aromatic N) is 5. The van der Waals surface area contributed by atoms with Crippen LogP contribution in [0.4, 0.5) is 27.8 Å². The van der Waals surface area contributed by atoms with E-state index in [4.69, 9.17) is 11.6 Å². The predicted octanol–water partition coefficient (Wildman–Crippen LogP) is 4.30. The summed E-state index contributed by atoms with van der Waals surface area (Å²) in [5.74, 6) is -2.50. The first kappa shape index (κ1) is 25.1. The molecular weight excluding hydrogens is 469 g/mol. The van der Waals surface area contributed by atoms with Crippen LogP contribution in [0.3, 0.4) is 0 Å². The second kappa shape index (κ2) is 9.74. The first-order valence-electron chi connectivity index (χ1n) is 9.97. The summed E-state index contributed by atoms with van der Waals surface area (Å²) in [6, 6.07) is -0.158. The molecule has 0 fully saturated rings. The number of aromatic nitrogens is 4. The van der Waals surface area contributed by atoms with Crippen molar-refractivity contribution in [2.75, 3.05) is 33.0 Å². The summed E-state index contributed by atoms with van der Waals surface area (Å²) < 4.78 is 71.2. The Labute approximate surface area is 192 Å². The van der Waals surface area contributed by atoms with Crippen LogP contribution in [0, 0.1) is 11.6 Å². The smallest absolute Gasteiger partial charge is 0.358 e. The van der Waals surface area contributed by atoms with Crippen molar-refractivity contribution in [3.05, 3.63) is 40.8 Å². The maximum absolute atomic E-state index is 15.3. The monoisotopic (exact) mass is 491 g/mol. The van der Waals surface area contributed by atoms with Crippen LogP contribution in [0.1, 0.15) is 24.9 Å². The molecule has 0 amide bonds. The molecule has 0 aliphatic heterocycles. The number of halogens is 6. The third-order valence-corrected chi connectivity index (χ3v) is 5.43. The fourth-order valence-electron chi connectivity index (χ4n) is 3.36. The number of alkyl halides is 3. The molecule has 0 bridgehead atoms. The van der Waals surface area contributed by atoms with E-state index in [-0.39, 0.29) is 23.2 Å². The number of hydrogen-bond acceptors (Lipinski definition) is 6. The molecule has 0 radical (unpaired) electrons. The lowest BCUT2D eigenvalue weighted by molar-refractivity contribution is -0.138. The largest absolute Gasteiger partial charge is 0.408 e. The molecule has 1 aromatic carbocycles. The van der Waals surface area contributed by atoms with Crippen molar-refractivity contribution < 1.29 is 22.0 Å². The Morgan fingerprint density at radius 3 is 2.33 bits per heavy atom. The third kappa shape index (κ3) is 5.33. The highest BCUT2D eigenvalue weighted by molar-refractivity contribution is 6.33. The highest BCUT2D eigenvalue weighted by Crippen LogP contribution is 2.39. The SMILES string of the molecule is CNC(CCN(C)C)c1cc(F)c(-c2c(Cl)nc3ncnn3c2NC(C)C(F)(F)F)c(F)c1. The van der Waals surface area contributed by atoms with Gasteiger partial charge in [0, 0.05) is 6.04 Å². The first-order valence-corrected chi connectivity index (χ1v) is 10.4. The van der Waals surface area contributed by atoms with Crippen molar-refractivity contribution in [2.24, 2.45) is 0 Å². The van der Waals surface area contributed by atoms with Gasteiger partial charge in [-0.05, 0) is 58.7 Å². The molecule has 2 atom stereocenters. The van der Waals surface area contributed by atoms with Crippen molar-refractivity contribution in [1.29, 1.82) is 0 Å². The Kier molecular flexibility index (Phi) is 7.39. The van der Waals surface area contributed by atoms with Gasteiger partial charge in [0.15, 0.2) is 0 Å². The van der Waals surface area contributed by atoms with Gasteiger partial charge in [-0.25, -0.2) is 8.78 Å². The van der Waals surface area contributed by atoms with E-state index in [1.54, 1.807) is 7.05 Å². The zero-order valence-electron chi connectivity index (χ0n) is 18.3. The molecule has 2 N–H and O–H groups in total. The highest BCUT2D eigenvalue weighted by atomic mass is 35.5. The number of fused-ring (bicyclic) bond motifs is 1. The molecule has 0 aliphatic rings. The summed E-state index contributed by atoms with van der Waals surface area (Å²) in [5, 5.41) is 8.64. The van der Waals surface area contributed by atoms with Crippen molar-refractivity contribution in [2.45, 2.75) is 31.6 Å². The van der Waals surface area contributed by atoms with E-state index < -0.39 is 34.6 Å². The summed E-state index contributed by atoms with van der Waals surface area (Å²) >= 11 is 6.19. The number of hydrogen-bond donors (Lipinski definition) is 2. The summed E-state index contributed by atoms with van der Waals surface area (Å²) in [6.07, 6.45) is -3.03. The standard InChI is InChI=1S/C20H23ClF5N7/c1-10(20(24,25)26)30-18-16(17(21)31-19-28-9-29-33(18)19)15-12(22)7-11(8-13(15)23)14(27-2)5-6-32(3)4/h7-10,14,27,30H,5-6H2,1-4H3. The third-order valence-electron chi connectivity index (χ3n) is 5.16. The lowest BCUT2D eigenvalue weighted by Crippen LogP contribution is -2.34. The average molecular weight is 492 g/mol. The summed E-state index contributed by atoms with van der Waals surface area (Å²) in [6.45, 7) is 1.53. The van der Waals surface area contributed by atoms with Crippen molar-refractivity contribution in [1.82, 2.24) is 29.8 Å². The second-order valence-corrected chi connectivity index (χ2v) is 8.16. The molecule has 2 unspecified atom stereocenters. The molecule has 0 spiro atoms. The van der Waals surface area contributed by atoms with E-state index in [9.17, 15) is 13.2 Å². The maximum Gasteiger partial charge on any atom is 0.408 e. The van der Waals surface area contributed by atoms with Gasteiger partial charge < -0.3 is 15.5 Å². The molecule has 2 heterocycles. The number of rotatable bonds is 8. The van der Waals surface area contributed by atoms with E-state index >= 15 is 8.78 Å². The highest BCUT2D eigenvalue weighted by Gasteiger charge is 2.37. The first-order chi connectivity index (χ1) is 15.4. The van der Waals surface area contributed by atoms with E-state index in [1.165, 1.54) is 0 Å². The zero-order valence-corrected chi connectivity index (χ0v) is 19.1. The van der Waals surface area contributed by atoms with Gasteiger partial charge >= 0.3 is 6.18 Å². The molecule has 0 aliphatic carbocycles.